The van der Waals surface area contributed by atoms with Crippen LogP contribution in [0.3, 0.4) is 0 Å². The lowest BCUT2D eigenvalue weighted by Crippen LogP contribution is -2.50. The quantitative estimate of drug-likeness (QED) is 0.593. The summed E-state index contributed by atoms with van der Waals surface area (Å²) in [6.07, 6.45) is 4.96. The Kier molecular flexibility index (Phi) is 14.3. The van der Waals surface area contributed by atoms with Gasteiger partial charge < -0.3 is 19.5 Å². The number of rotatable bonds is 11. The average molecular weight is 317 g/mol. The van der Waals surface area contributed by atoms with Crippen LogP contribution in [-0.2, 0) is 9.59 Å². The van der Waals surface area contributed by atoms with Crippen molar-refractivity contribution in [2.75, 3.05) is 26.2 Å². The minimum atomic E-state index is -1.32. The zero-order valence-electron chi connectivity index (χ0n) is 15.1. The van der Waals surface area contributed by atoms with Gasteiger partial charge in [-0.15, -0.1) is 0 Å². The zero-order chi connectivity index (χ0) is 17.6. The second-order valence-electron chi connectivity index (χ2n) is 6.05. The molecule has 5 nitrogen and oxygen atoms in total. The molecule has 0 radical (unpaired) electrons. The van der Waals surface area contributed by atoms with Gasteiger partial charge in [0, 0.05) is 11.9 Å². The summed E-state index contributed by atoms with van der Waals surface area (Å²) in [5.74, 6) is -3.34. The SMILES string of the molecule is CC(CC(=O)O)C(=O)[O-].CCC[N+](CCC)(CCC)CCC. The lowest BCUT2D eigenvalue weighted by Gasteiger charge is -2.38. The molecule has 0 fully saturated rings. The predicted octanol–water partition coefficient (Wildman–Crippen LogP) is 2.29. The van der Waals surface area contributed by atoms with Gasteiger partial charge in [-0.2, -0.15) is 0 Å². The van der Waals surface area contributed by atoms with Gasteiger partial charge in [-0.25, -0.2) is 0 Å². The molecule has 22 heavy (non-hydrogen) atoms. The average Bonchev–Trinajstić information content (AvgIpc) is 2.39. The fourth-order valence-corrected chi connectivity index (χ4v) is 2.91. The van der Waals surface area contributed by atoms with Crippen LogP contribution in [-0.4, -0.2) is 47.7 Å². The molecule has 0 aromatic carbocycles. The molecule has 0 spiro atoms. The van der Waals surface area contributed by atoms with E-state index < -0.39 is 17.9 Å². The highest BCUT2D eigenvalue weighted by atomic mass is 16.4. The van der Waals surface area contributed by atoms with Crippen molar-refractivity contribution < 1.29 is 24.3 Å². The standard InChI is InChI=1S/C12H28N.C5H8O4/c1-5-9-13(10-6-2,11-7-3)12-8-4;1-3(5(8)9)2-4(6)7/h5-12H2,1-4H3;3H,2H2,1H3,(H,6,7)(H,8,9)/q+1;/p-1. The lowest BCUT2D eigenvalue weighted by atomic mass is 10.1. The van der Waals surface area contributed by atoms with E-state index in [-0.39, 0.29) is 6.42 Å². The van der Waals surface area contributed by atoms with Crippen LogP contribution < -0.4 is 5.11 Å². The second kappa shape index (κ2) is 13.6. The molecule has 0 amide bonds. The third kappa shape index (κ3) is 11.5. The number of quaternary nitrogens is 1. The fourth-order valence-electron chi connectivity index (χ4n) is 2.91. The van der Waals surface area contributed by atoms with Gasteiger partial charge in [0.1, 0.15) is 0 Å². The van der Waals surface area contributed by atoms with Crippen molar-refractivity contribution in [3.8, 4) is 0 Å². The summed E-state index contributed by atoms with van der Waals surface area (Å²) in [5, 5.41) is 17.9. The molecule has 0 bridgehead atoms. The molecule has 0 aliphatic carbocycles. The summed E-state index contributed by atoms with van der Waals surface area (Å²) >= 11 is 0. The molecule has 0 heterocycles. The second-order valence-corrected chi connectivity index (χ2v) is 6.05. The van der Waals surface area contributed by atoms with Gasteiger partial charge in [-0.1, -0.05) is 34.6 Å². The van der Waals surface area contributed by atoms with Gasteiger partial charge >= 0.3 is 5.97 Å². The number of carbonyl (C=O) groups excluding carboxylic acids is 1. The van der Waals surface area contributed by atoms with Crippen molar-refractivity contribution in [1.29, 1.82) is 0 Å². The van der Waals surface area contributed by atoms with Gasteiger partial charge in [-0.3, -0.25) is 4.79 Å². The first-order valence-electron chi connectivity index (χ1n) is 8.56. The van der Waals surface area contributed by atoms with Gasteiger partial charge in [0.2, 0.25) is 0 Å². The van der Waals surface area contributed by atoms with Crippen LogP contribution in [0.4, 0.5) is 0 Å². The van der Waals surface area contributed by atoms with Crippen LogP contribution in [0.25, 0.3) is 0 Å². The van der Waals surface area contributed by atoms with E-state index >= 15 is 0 Å². The molecule has 0 aromatic heterocycles. The Labute approximate surface area is 135 Å². The molecule has 1 atom stereocenters. The highest BCUT2D eigenvalue weighted by Gasteiger charge is 2.22. The maximum atomic E-state index is 9.86. The van der Waals surface area contributed by atoms with E-state index in [4.69, 9.17) is 5.11 Å². The first-order chi connectivity index (χ1) is 10.3. The first kappa shape index (κ1) is 23.2. The summed E-state index contributed by atoms with van der Waals surface area (Å²) < 4.78 is 1.38. The number of hydrogen-bond donors (Lipinski definition) is 1. The Hall–Kier alpha value is -1.10. The van der Waals surface area contributed by atoms with Gasteiger partial charge in [0.15, 0.2) is 0 Å². The molecule has 132 valence electrons. The van der Waals surface area contributed by atoms with Crippen molar-refractivity contribution in [1.82, 2.24) is 0 Å². The normalized spacial score (nSPS) is 12.2. The molecule has 0 rings (SSSR count). The number of carbonyl (C=O) groups is 2. The Morgan fingerprint density at radius 2 is 1.23 bits per heavy atom. The molecule has 0 aromatic rings. The largest absolute Gasteiger partial charge is 0.550 e. The van der Waals surface area contributed by atoms with E-state index in [1.807, 2.05) is 0 Å². The lowest BCUT2D eigenvalue weighted by molar-refractivity contribution is -0.928. The Balaban J connectivity index is 0. The van der Waals surface area contributed by atoms with Gasteiger partial charge in [0.25, 0.3) is 0 Å². The minimum absolute atomic E-state index is 0.373. The molecule has 0 aliphatic rings. The Morgan fingerprint density at radius 3 is 1.36 bits per heavy atom. The summed E-state index contributed by atoms with van der Waals surface area (Å²) in [7, 11) is 0. The highest BCUT2D eigenvalue weighted by molar-refractivity contribution is 5.76. The number of carboxylic acids is 2. The summed E-state index contributed by atoms with van der Waals surface area (Å²) in [4.78, 5) is 19.7. The molecule has 0 saturated carbocycles. The molecular weight excluding hydrogens is 282 g/mol. The molecule has 0 saturated heterocycles. The molecular formula is C17H35NO4. The van der Waals surface area contributed by atoms with Crippen LogP contribution >= 0.6 is 0 Å². The summed E-state index contributed by atoms with van der Waals surface area (Å²) in [6.45, 7) is 16.1. The van der Waals surface area contributed by atoms with Crippen LogP contribution in [0.1, 0.15) is 66.7 Å². The van der Waals surface area contributed by atoms with Crippen molar-refractivity contribution >= 4 is 11.9 Å². The van der Waals surface area contributed by atoms with Crippen LogP contribution in [0.5, 0.6) is 0 Å². The molecule has 0 aliphatic heterocycles. The Morgan fingerprint density at radius 1 is 0.909 bits per heavy atom. The van der Waals surface area contributed by atoms with Gasteiger partial charge in [0.05, 0.1) is 32.6 Å². The maximum Gasteiger partial charge on any atom is 0.303 e. The maximum absolute atomic E-state index is 9.86. The van der Waals surface area contributed by atoms with Crippen LogP contribution in [0.15, 0.2) is 0 Å². The highest BCUT2D eigenvalue weighted by Crippen LogP contribution is 2.12. The van der Waals surface area contributed by atoms with E-state index in [1.54, 1.807) is 0 Å². The van der Waals surface area contributed by atoms with Crippen LogP contribution in [0, 0.1) is 5.92 Å². The molecule has 1 N–H and O–H groups in total. The number of hydrogen-bond acceptors (Lipinski definition) is 3. The predicted molar refractivity (Wildman–Crippen MR) is 87.3 cm³/mol. The number of carboxylic acid groups (broad SMARTS) is 2. The first-order valence-corrected chi connectivity index (χ1v) is 8.56. The van der Waals surface area contributed by atoms with Crippen molar-refractivity contribution in [3.63, 3.8) is 0 Å². The van der Waals surface area contributed by atoms with Crippen molar-refractivity contribution in [2.24, 2.45) is 5.92 Å². The van der Waals surface area contributed by atoms with E-state index in [1.165, 1.54) is 63.3 Å². The summed E-state index contributed by atoms with van der Waals surface area (Å²) in [5.41, 5.74) is 0. The van der Waals surface area contributed by atoms with Crippen molar-refractivity contribution in [3.05, 3.63) is 0 Å². The van der Waals surface area contributed by atoms with E-state index in [0.717, 1.165) is 0 Å². The topological polar surface area (TPSA) is 77.4 Å². The third-order valence-corrected chi connectivity index (χ3v) is 3.67. The number of nitrogens with zero attached hydrogens (tertiary/aromatic N) is 1. The van der Waals surface area contributed by atoms with Crippen LogP contribution in [0.2, 0.25) is 0 Å². The fraction of sp³-hybridized carbons (Fsp3) is 0.882. The zero-order valence-corrected chi connectivity index (χ0v) is 15.1. The number of aliphatic carboxylic acids is 2. The third-order valence-electron chi connectivity index (χ3n) is 3.67. The monoisotopic (exact) mass is 317 g/mol. The van der Waals surface area contributed by atoms with Crippen molar-refractivity contribution in [2.45, 2.75) is 66.7 Å². The van der Waals surface area contributed by atoms with E-state index in [0.29, 0.717) is 0 Å². The molecule has 1 unspecified atom stereocenters. The summed E-state index contributed by atoms with van der Waals surface area (Å²) in [6, 6.07) is 0. The smallest absolute Gasteiger partial charge is 0.303 e. The molecule has 5 heteroatoms. The van der Waals surface area contributed by atoms with Gasteiger partial charge in [-0.05, 0) is 25.7 Å². The Bertz CT molecular complexity index is 276. The minimum Gasteiger partial charge on any atom is -0.550 e. The van der Waals surface area contributed by atoms with E-state index in [2.05, 4.69) is 27.7 Å². The van der Waals surface area contributed by atoms with E-state index in [9.17, 15) is 14.7 Å².